The van der Waals surface area contributed by atoms with Gasteiger partial charge in [-0.15, -0.1) is 0 Å². The quantitative estimate of drug-likeness (QED) is 0.387. The molecule has 6 rings (SSSR count). The summed E-state index contributed by atoms with van der Waals surface area (Å²) in [6.07, 6.45) is 5.67. The van der Waals surface area contributed by atoms with Gasteiger partial charge in [-0.1, -0.05) is 44.5 Å². The standard InChI is InChI=1S/C39H60ClN5O4/c1-7-41-18-20-42(21-19-41)36(47)33-23-30(45(37(48)34-9-8-22-49-34)29-14-16-39(5,6)17-15-29)24-44(33)35(46)32-26-43(38(2,3)4)25-31(32)27-10-12-28(40)13-11-27/h10-13,29-34H,7-9,14-26H2,1-6H3/t30-,31-,32-,33-,34-/m0/s1. The SMILES string of the molecule is CCN1CCN(C(=O)[C@@H]2C[C@H](N(C(=O)[C@@H]3CCCO3)C3CCC(C)(C)CC3)CN2C(=O)[C@H]2CN(C(C)(C)C)C[C@H]2c2ccc(Cl)cc2)CC1. The maximum absolute atomic E-state index is 15.1. The topological polar surface area (TPSA) is 76.6 Å². The highest BCUT2D eigenvalue weighted by atomic mass is 35.5. The molecule has 0 unspecified atom stereocenters. The molecule has 5 atom stereocenters. The van der Waals surface area contributed by atoms with Gasteiger partial charge in [0.25, 0.3) is 5.91 Å². The number of likely N-dealkylation sites (N-methyl/N-ethyl adjacent to an activating group) is 1. The van der Waals surface area contributed by atoms with Crippen molar-refractivity contribution in [2.45, 2.75) is 122 Å². The minimum Gasteiger partial charge on any atom is -0.368 e. The third kappa shape index (κ3) is 8.00. The molecule has 0 aromatic heterocycles. The lowest BCUT2D eigenvalue weighted by atomic mass is 9.75. The molecule has 0 radical (unpaired) electrons. The smallest absolute Gasteiger partial charge is 0.252 e. The zero-order valence-corrected chi connectivity index (χ0v) is 31.6. The van der Waals surface area contributed by atoms with E-state index in [1.165, 1.54) is 0 Å². The van der Waals surface area contributed by atoms with Crippen LogP contribution in [0.4, 0.5) is 0 Å². The van der Waals surface area contributed by atoms with E-state index in [0.29, 0.717) is 44.2 Å². The molecule has 1 aromatic rings. The van der Waals surface area contributed by atoms with Gasteiger partial charge in [-0.3, -0.25) is 19.3 Å². The van der Waals surface area contributed by atoms with Crippen LogP contribution in [-0.2, 0) is 19.1 Å². The Morgan fingerprint density at radius 2 is 1.59 bits per heavy atom. The Bertz CT molecular complexity index is 1320. The van der Waals surface area contributed by atoms with Crippen LogP contribution in [0.2, 0.25) is 5.02 Å². The fourth-order valence-electron chi connectivity index (χ4n) is 9.11. The van der Waals surface area contributed by atoms with E-state index < -0.39 is 12.1 Å². The van der Waals surface area contributed by atoms with Gasteiger partial charge in [0.1, 0.15) is 12.1 Å². The molecule has 1 saturated carbocycles. The predicted octanol–water partition coefficient (Wildman–Crippen LogP) is 5.26. The molecule has 0 bridgehead atoms. The van der Waals surface area contributed by atoms with Gasteiger partial charge in [-0.2, -0.15) is 0 Å². The molecule has 4 heterocycles. The number of piperazine rings is 1. The Labute approximate surface area is 299 Å². The van der Waals surface area contributed by atoms with E-state index in [1.807, 2.05) is 21.9 Å². The third-order valence-corrected chi connectivity index (χ3v) is 12.7. The monoisotopic (exact) mass is 697 g/mol. The van der Waals surface area contributed by atoms with Crippen molar-refractivity contribution in [2.75, 3.05) is 59.0 Å². The van der Waals surface area contributed by atoms with Gasteiger partial charge < -0.3 is 24.3 Å². The Morgan fingerprint density at radius 1 is 0.918 bits per heavy atom. The minimum atomic E-state index is -0.583. The number of nitrogens with zero attached hydrogens (tertiary/aromatic N) is 5. The molecule has 1 aliphatic carbocycles. The van der Waals surface area contributed by atoms with Crippen molar-refractivity contribution in [1.82, 2.24) is 24.5 Å². The van der Waals surface area contributed by atoms with Gasteiger partial charge in [0, 0.05) is 74.9 Å². The van der Waals surface area contributed by atoms with Crippen LogP contribution in [0.1, 0.15) is 98.0 Å². The van der Waals surface area contributed by atoms with Crippen molar-refractivity contribution in [1.29, 1.82) is 0 Å². The van der Waals surface area contributed by atoms with Crippen molar-refractivity contribution in [3.63, 3.8) is 0 Å². The van der Waals surface area contributed by atoms with Crippen LogP contribution < -0.4 is 0 Å². The highest BCUT2D eigenvalue weighted by Crippen LogP contribution is 2.42. The summed E-state index contributed by atoms with van der Waals surface area (Å²) in [5.41, 5.74) is 1.24. The molecule has 3 amide bonds. The molecule has 10 heteroatoms. The van der Waals surface area contributed by atoms with Crippen molar-refractivity contribution in [3.05, 3.63) is 34.9 Å². The number of hydrogen-bond acceptors (Lipinski definition) is 6. The van der Waals surface area contributed by atoms with Crippen LogP contribution >= 0.6 is 11.6 Å². The largest absolute Gasteiger partial charge is 0.368 e. The molecule has 272 valence electrons. The van der Waals surface area contributed by atoms with Crippen LogP contribution in [0.15, 0.2) is 24.3 Å². The summed E-state index contributed by atoms with van der Waals surface area (Å²) in [5.74, 6) is -0.187. The number of rotatable bonds is 7. The molecule has 49 heavy (non-hydrogen) atoms. The lowest BCUT2D eigenvalue weighted by molar-refractivity contribution is -0.148. The van der Waals surface area contributed by atoms with Gasteiger partial charge in [-0.25, -0.2) is 0 Å². The van der Waals surface area contributed by atoms with Gasteiger partial charge >= 0.3 is 0 Å². The average molecular weight is 698 g/mol. The van der Waals surface area contributed by atoms with Crippen LogP contribution in [0.25, 0.3) is 0 Å². The zero-order valence-electron chi connectivity index (χ0n) is 30.8. The number of halogens is 1. The van der Waals surface area contributed by atoms with Crippen molar-refractivity contribution in [2.24, 2.45) is 11.3 Å². The molecule has 0 N–H and O–H groups in total. The van der Waals surface area contributed by atoms with E-state index in [9.17, 15) is 9.59 Å². The molecule has 0 spiro atoms. The molecule has 4 aliphatic heterocycles. The molecular formula is C39H60ClN5O4. The summed E-state index contributed by atoms with van der Waals surface area (Å²) < 4.78 is 5.98. The van der Waals surface area contributed by atoms with Gasteiger partial charge in [-0.05, 0) is 95.4 Å². The third-order valence-electron chi connectivity index (χ3n) is 12.4. The van der Waals surface area contributed by atoms with Crippen LogP contribution in [0, 0.1) is 11.3 Å². The first-order valence-corrected chi connectivity index (χ1v) is 19.4. The van der Waals surface area contributed by atoms with Crippen LogP contribution in [0.3, 0.4) is 0 Å². The van der Waals surface area contributed by atoms with Gasteiger partial charge in [0.05, 0.1) is 12.0 Å². The second-order valence-electron chi connectivity index (χ2n) is 17.1. The van der Waals surface area contributed by atoms with E-state index in [1.54, 1.807) is 0 Å². The maximum Gasteiger partial charge on any atom is 0.252 e. The summed E-state index contributed by atoms with van der Waals surface area (Å²) >= 11 is 6.29. The summed E-state index contributed by atoms with van der Waals surface area (Å²) in [6.45, 7) is 19.8. The molecule has 1 aromatic carbocycles. The Morgan fingerprint density at radius 3 is 2.18 bits per heavy atom. The van der Waals surface area contributed by atoms with E-state index in [2.05, 4.69) is 68.4 Å². The normalized spacial score (nSPS) is 30.2. The van der Waals surface area contributed by atoms with Crippen molar-refractivity contribution < 1.29 is 19.1 Å². The number of carbonyl (C=O) groups is 3. The molecular weight excluding hydrogens is 638 g/mol. The van der Waals surface area contributed by atoms with E-state index in [-0.39, 0.29) is 52.6 Å². The number of likely N-dealkylation sites (tertiary alicyclic amines) is 2. The fraction of sp³-hybridized carbons (Fsp3) is 0.769. The number of hydrogen-bond donors (Lipinski definition) is 0. The lowest BCUT2D eigenvalue weighted by Crippen LogP contribution is -2.55. The van der Waals surface area contributed by atoms with Crippen LogP contribution in [-0.4, -0.2) is 131 Å². The van der Waals surface area contributed by atoms with E-state index in [4.69, 9.17) is 16.3 Å². The van der Waals surface area contributed by atoms with Gasteiger partial charge in [0.15, 0.2) is 0 Å². The lowest BCUT2D eigenvalue weighted by Gasteiger charge is -2.43. The number of amides is 3. The molecule has 5 aliphatic rings. The average Bonchev–Trinajstić information content (AvgIpc) is 3.86. The number of ether oxygens (including phenoxy) is 1. The molecule has 5 fully saturated rings. The summed E-state index contributed by atoms with van der Waals surface area (Å²) in [7, 11) is 0. The second kappa shape index (κ2) is 14.8. The Hall–Kier alpha value is -2.20. The first kappa shape index (κ1) is 36.6. The number of carbonyl (C=O) groups excluding carboxylic acids is 3. The first-order valence-electron chi connectivity index (χ1n) is 19.0. The predicted molar refractivity (Wildman–Crippen MR) is 193 cm³/mol. The van der Waals surface area contributed by atoms with E-state index in [0.717, 1.165) is 70.3 Å². The first-order chi connectivity index (χ1) is 23.3. The summed E-state index contributed by atoms with van der Waals surface area (Å²) in [4.78, 5) is 54.8. The Balaban J connectivity index is 1.32. The fourth-order valence-corrected chi connectivity index (χ4v) is 9.24. The maximum atomic E-state index is 15.1. The molecule has 9 nitrogen and oxygen atoms in total. The highest BCUT2D eigenvalue weighted by molar-refractivity contribution is 6.30. The Kier molecular flexibility index (Phi) is 11.1. The van der Waals surface area contributed by atoms with Crippen molar-refractivity contribution >= 4 is 29.3 Å². The van der Waals surface area contributed by atoms with Gasteiger partial charge in [0.2, 0.25) is 11.8 Å². The van der Waals surface area contributed by atoms with E-state index >= 15 is 4.79 Å². The number of benzene rings is 1. The highest BCUT2D eigenvalue weighted by Gasteiger charge is 2.51. The summed E-state index contributed by atoms with van der Waals surface area (Å²) in [5, 5.41) is 0.676. The summed E-state index contributed by atoms with van der Waals surface area (Å²) in [6, 6.07) is 7.22. The zero-order chi connectivity index (χ0) is 35.1. The minimum absolute atomic E-state index is 0.0166. The van der Waals surface area contributed by atoms with Crippen LogP contribution in [0.5, 0.6) is 0 Å². The molecule has 4 saturated heterocycles. The second-order valence-corrected chi connectivity index (χ2v) is 17.6. The van der Waals surface area contributed by atoms with Crippen molar-refractivity contribution in [3.8, 4) is 0 Å².